The number of carbonyl (C=O) groups excluding carboxylic acids is 2. The standard InChI is InChI=1S/C20H23ClN4O2S/c1-13-23-24(20(27)17-11-18-16(25(13)17)8-10-28-18)9-2-3-19(26)22-12-14-4-6-15(21)7-5-14/h4,6-8,10,14,17H,2-3,5,9,11-12H2,1H3,(H,22,26). The van der Waals surface area contributed by atoms with Crippen LogP contribution >= 0.6 is 22.9 Å². The van der Waals surface area contributed by atoms with Crippen molar-refractivity contribution < 1.29 is 9.59 Å². The van der Waals surface area contributed by atoms with Crippen LogP contribution in [0.5, 0.6) is 0 Å². The molecule has 148 valence electrons. The molecule has 0 radical (unpaired) electrons. The topological polar surface area (TPSA) is 65.0 Å². The molecule has 6 nitrogen and oxygen atoms in total. The van der Waals surface area contributed by atoms with E-state index in [1.54, 1.807) is 11.3 Å². The Morgan fingerprint density at radius 1 is 1.46 bits per heavy atom. The third-order valence-corrected chi connectivity index (χ3v) is 6.52. The second kappa shape index (κ2) is 8.09. The van der Waals surface area contributed by atoms with Gasteiger partial charge in [-0.2, -0.15) is 5.10 Å². The summed E-state index contributed by atoms with van der Waals surface area (Å²) in [5, 5.41) is 11.8. The lowest BCUT2D eigenvalue weighted by molar-refractivity contribution is -0.133. The normalized spacial score (nSPS) is 23.3. The molecule has 8 heteroatoms. The van der Waals surface area contributed by atoms with Gasteiger partial charge in [0.25, 0.3) is 5.91 Å². The summed E-state index contributed by atoms with van der Waals surface area (Å²) in [4.78, 5) is 28.2. The highest BCUT2D eigenvalue weighted by atomic mass is 35.5. The van der Waals surface area contributed by atoms with Gasteiger partial charge in [-0.3, -0.25) is 9.59 Å². The number of nitrogens with zero attached hydrogens (tertiary/aromatic N) is 3. The molecule has 0 aromatic carbocycles. The second-order valence-corrected chi connectivity index (χ2v) is 8.72. The molecular formula is C20H23ClN4O2S. The number of anilines is 1. The van der Waals surface area contributed by atoms with Gasteiger partial charge in [0, 0.05) is 35.8 Å². The van der Waals surface area contributed by atoms with Gasteiger partial charge in [-0.05, 0) is 43.2 Å². The van der Waals surface area contributed by atoms with Gasteiger partial charge in [0.05, 0.1) is 5.69 Å². The number of rotatable bonds is 6. The molecule has 2 atom stereocenters. The summed E-state index contributed by atoms with van der Waals surface area (Å²) in [6.07, 6.45) is 8.42. The Balaban J connectivity index is 1.24. The Labute approximate surface area is 173 Å². The van der Waals surface area contributed by atoms with Crippen molar-refractivity contribution in [3.63, 3.8) is 0 Å². The maximum atomic E-state index is 12.8. The molecule has 4 rings (SSSR count). The maximum absolute atomic E-state index is 12.8. The minimum absolute atomic E-state index is 0.00360. The molecule has 2 amide bonds. The number of thiophene rings is 1. The van der Waals surface area contributed by atoms with E-state index in [0.29, 0.717) is 25.9 Å². The third kappa shape index (κ3) is 3.86. The average Bonchev–Trinajstić information content (AvgIpc) is 3.26. The highest BCUT2D eigenvalue weighted by molar-refractivity contribution is 7.10. The van der Waals surface area contributed by atoms with E-state index in [2.05, 4.69) is 21.9 Å². The van der Waals surface area contributed by atoms with Crippen LogP contribution in [0.15, 0.2) is 39.8 Å². The Morgan fingerprint density at radius 2 is 2.32 bits per heavy atom. The molecule has 0 bridgehead atoms. The maximum Gasteiger partial charge on any atom is 0.266 e. The fourth-order valence-corrected chi connectivity index (χ4v) is 4.91. The molecule has 0 fully saturated rings. The second-order valence-electron chi connectivity index (χ2n) is 7.28. The fourth-order valence-electron chi connectivity index (χ4n) is 3.85. The molecule has 3 heterocycles. The summed E-state index contributed by atoms with van der Waals surface area (Å²) in [7, 11) is 0. The van der Waals surface area contributed by atoms with Crippen LogP contribution in [-0.4, -0.2) is 41.8 Å². The van der Waals surface area contributed by atoms with Gasteiger partial charge in [-0.1, -0.05) is 23.8 Å². The third-order valence-electron chi connectivity index (χ3n) is 5.30. The van der Waals surface area contributed by atoms with Gasteiger partial charge in [0.15, 0.2) is 0 Å². The number of hydrogen-bond acceptors (Lipinski definition) is 5. The van der Waals surface area contributed by atoms with Crippen molar-refractivity contribution in [3.05, 3.63) is 39.6 Å². The first kappa shape index (κ1) is 19.2. The van der Waals surface area contributed by atoms with Gasteiger partial charge in [0.2, 0.25) is 5.91 Å². The molecule has 3 aliphatic rings. The van der Waals surface area contributed by atoms with E-state index >= 15 is 0 Å². The predicted octanol–water partition coefficient (Wildman–Crippen LogP) is 3.25. The average molecular weight is 419 g/mol. The number of fused-ring (bicyclic) bond motifs is 3. The number of carbonyl (C=O) groups is 2. The molecule has 28 heavy (non-hydrogen) atoms. The van der Waals surface area contributed by atoms with Crippen LogP contribution in [0, 0.1) is 5.92 Å². The number of allylic oxidation sites excluding steroid dienone is 3. The van der Waals surface area contributed by atoms with Crippen LogP contribution in [-0.2, 0) is 16.0 Å². The molecular weight excluding hydrogens is 396 g/mol. The quantitative estimate of drug-likeness (QED) is 0.771. The van der Waals surface area contributed by atoms with Crippen molar-refractivity contribution in [2.75, 3.05) is 18.0 Å². The van der Waals surface area contributed by atoms with Crippen LogP contribution in [0.25, 0.3) is 0 Å². The van der Waals surface area contributed by atoms with E-state index in [0.717, 1.165) is 29.4 Å². The van der Waals surface area contributed by atoms with Gasteiger partial charge in [-0.25, -0.2) is 5.01 Å². The highest BCUT2D eigenvalue weighted by Gasteiger charge is 2.42. The summed E-state index contributed by atoms with van der Waals surface area (Å²) < 4.78 is 0. The molecule has 2 unspecified atom stereocenters. The van der Waals surface area contributed by atoms with Gasteiger partial charge >= 0.3 is 0 Å². The van der Waals surface area contributed by atoms with Crippen LogP contribution in [0.1, 0.15) is 31.1 Å². The molecule has 1 aromatic heterocycles. The van der Waals surface area contributed by atoms with Gasteiger partial charge in [-0.15, -0.1) is 11.3 Å². The van der Waals surface area contributed by atoms with Crippen LogP contribution in [0.4, 0.5) is 5.69 Å². The first-order valence-corrected chi connectivity index (χ1v) is 10.8. The van der Waals surface area contributed by atoms with Gasteiger partial charge in [0.1, 0.15) is 11.9 Å². The van der Waals surface area contributed by atoms with Crippen LogP contribution < -0.4 is 10.2 Å². The van der Waals surface area contributed by atoms with E-state index in [1.165, 1.54) is 9.89 Å². The monoisotopic (exact) mass is 418 g/mol. The van der Waals surface area contributed by atoms with Gasteiger partial charge < -0.3 is 10.2 Å². The van der Waals surface area contributed by atoms with Crippen molar-refractivity contribution >= 4 is 46.3 Å². The molecule has 1 aromatic rings. The number of amidine groups is 1. The lowest BCUT2D eigenvalue weighted by atomic mass is 10.0. The molecule has 0 saturated heterocycles. The number of hydrogen-bond donors (Lipinski definition) is 1. The number of halogens is 1. The van der Waals surface area contributed by atoms with E-state index in [1.807, 2.05) is 30.1 Å². The van der Waals surface area contributed by atoms with E-state index in [9.17, 15) is 9.59 Å². The zero-order valence-electron chi connectivity index (χ0n) is 15.7. The Bertz CT molecular complexity index is 875. The molecule has 1 aliphatic carbocycles. The molecule has 1 N–H and O–H groups in total. The Morgan fingerprint density at radius 3 is 3.11 bits per heavy atom. The van der Waals surface area contributed by atoms with E-state index < -0.39 is 0 Å². The summed E-state index contributed by atoms with van der Waals surface area (Å²) in [6, 6.07) is 1.86. The van der Waals surface area contributed by atoms with Crippen molar-refractivity contribution in [1.29, 1.82) is 0 Å². The molecule has 0 saturated carbocycles. The minimum Gasteiger partial charge on any atom is -0.356 e. The number of amides is 2. The number of hydrazone groups is 1. The largest absolute Gasteiger partial charge is 0.356 e. The smallest absolute Gasteiger partial charge is 0.266 e. The Kier molecular flexibility index (Phi) is 5.55. The fraction of sp³-hybridized carbons (Fsp3) is 0.450. The predicted molar refractivity (Wildman–Crippen MR) is 113 cm³/mol. The Hall–Kier alpha value is -2.12. The van der Waals surface area contributed by atoms with Crippen molar-refractivity contribution in [3.8, 4) is 0 Å². The summed E-state index contributed by atoms with van der Waals surface area (Å²) >= 11 is 7.59. The first-order valence-electron chi connectivity index (χ1n) is 9.55. The SMILES string of the molecule is CC1=NN(CCCC(=O)NCC2C=CC(Cl)=CC2)C(=O)C2Cc3sccc3N12. The zero-order valence-corrected chi connectivity index (χ0v) is 17.3. The lowest BCUT2D eigenvalue weighted by Gasteiger charge is -2.34. The minimum atomic E-state index is -0.188. The van der Waals surface area contributed by atoms with Crippen LogP contribution in [0.3, 0.4) is 0 Å². The van der Waals surface area contributed by atoms with Crippen molar-refractivity contribution in [1.82, 2.24) is 10.3 Å². The summed E-state index contributed by atoms with van der Waals surface area (Å²) in [5.74, 6) is 1.15. The lowest BCUT2D eigenvalue weighted by Crippen LogP contribution is -2.53. The van der Waals surface area contributed by atoms with Crippen molar-refractivity contribution in [2.24, 2.45) is 11.0 Å². The highest BCUT2D eigenvalue weighted by Crippen LogP contribution is 2.38. The van der Waals surface area contributed by atoms with Crippen LogP contribution in [0.2, 0.25) is 0 Å². The summed E-state index contributed by atoms with van der Waals surface area (Å²) in [5.41, 5.74) is 1.11. The van der Waals surface area contributed by atoms with Crippen molar-refractivity contribution in [2.45, 2.75) is 38.6 Å². The molecule has 2 aliphatic heterocycles. The summed E-state index contributed by atoms with van der Waals surface area (Å²) in [6.45, 7) is 3.00. The van der Waals surface area contributed by atoms with E-state index in [4.69, 9.17) is 11.6 Å². The molecule has 0 spiro atoms. The first-order chi connectivity index (χ1) is 13.5. The zero-order chi connectivity index (χ0) is 19.7. The number of nitrogens with one attached hydrogen (secondary N) is 1. The van der Waals surface area contributed by atoms with E-state index in [-0.39, 0.29) is 23.8 Å².